The first-order valence-electron chi connectivity index (χ1n) is 4.63. The van der Waals surface area contributed by atoms with Gasteiger partial charge in [0, 0.05) is 10.4 Å². The molecule has 0 aliphatic carbocycles. The normalized spacial score (nSPS) is 11.4. The van der Waals surface area contributed by atoms with Crippen LogP contribution in [0.5, 0.6) is 0 Å². The highest BCUT2D eigenvalue weighted by Crippen LogP contribution is 2.22. The summed E-state index contributed by atoms with van der Waals surface area (Å²) in [5, 5.41) is 9.44. The van der Waals surface area contributed by atoms with E-state index < -0.39 is 0 Å². The topological polar surface area (TPSA) is 43.1 Å². The average molecular weight is 253 g/mol. The van der Waals surface area contributed by atoms with Gasteiger partial charge in [0.1, 0.15) is 12.2 Å². The van der Waals surface area contributed by atoms with Gasteiger partial charge in [-0.15, -0.1) is 21.8 Å². The summed E-state index contributed by atoms with van der Waals surface area (Å²) in [6, 6.07) is 5.47. The molecule has 3 aromatic rings. The maximum atomic E-state index is 5.95. The summed E-state index contributed by atoms with van der Waals surface area (Å²) >= 11 is 11.8. The number of nitrogens with zero attached hydrogens (tertiary/aromatic N) is 4. The highest BCUT2D eigenvalue weighted by molar-refractivity contribution is 6.31. The van der Waals surface area contributed by atoms with Gasteiger partial charge in [0.25, 0.3) is 0 Å². The highest BCUT2D eigenvalue weighted by atomic mass is 35.5. The van der Waals surface area contributed by atoms with E-state index in [0.717, 1.165) is 22.4 Å². The van der Waals surface area contributed by atoms with E-state index in [9.17, 15) is 0 Å². The van der Waals surface area contributed by atoms with Crippen LogP contribution < -0.4 is 0 Å². The van der Waals surface area contributed by atoms with Gasteiger partial charge in [0.2, 0.25) is 0 Å². The Labute approximate surface area is 101 Å². The Balaban J connectivity index is 2.54. The summed E-state index contributed by atoms with van der Waals surface area (Å²) in [7, 11) is 0. The summed E-state index contributed by atoms with van der Waals surface area (Å²) in [5.41, 5.74) is 1.55. The second-order valence-corrected chi connectivity index (χ2v) is 4.05. The molecule has 0 unspecified atom stereocenters. The molecule has 0 fully saturated rings. The number of fused-ring (bicyclic) bond motifs is 3. The minimum Gasteiger partial charge on any atom is -0.268 e. The van der Waals surface area contributed by atoms with Crippen LogP contribution in [0.3, 0.4) is 0 Å². The predicted molar refractivity (Wildman–Crippen MR) is 62.9 cm³/mol. The second-order valence-electron chi connectivity index (χ2n) is 3.35. The zero-order valence-electron chi connectivity index (χ0n) is 8.06. The molecule has 0 amide bonds. The van der Waals surface area contributed by atoms with Crippen molar-refractivity contribution < 1.29 is 0 Å². The first kappa shape index (κ1) is 9.81. The third kappa shape index (κ3) is 1.34. The van der Waals surface area contributed by atoms with E-state index in [-0.39, 0.29) is 0 Å². The van der Waals surface area contributed by atoms with Crippen LogP contribution in [-0.2, 0) is 5.88 Å². The molecule has 2 heterocycles. The Kier molecular flexibility index (Phi) is 2.19. The number of aromatic nitrogens is 4. The van der Waals surface area contributed by atoms with Gasteiger partial charge >= 0.3 is 0 Å². The van der Waals surface area contributed by atoms with Crippen LogP contribution in [0.2, 0.25) is 5.02 Å². The zero-order chi connectivity index (χ0) is 11.1. The van der Waals surface area contributed by atoms with Gasteiger partial charge in [-0.1, -0.05) is 11.6 Å². The SMILES string of the molecule is ClCc1nc2ccc(Cl)cc2c2nncn12. The molecule has 0 aliphatic rings. The summed E-state index contributed by atoms with van der Waals surface area (Å²) in [4.78, 5) is 4.43. The van der Waals surface area contributed by atoms with E-state index in [1.807, 2.05) is 12.1 Å². The molecule has 0 N–H and O–H groups in total. The minimum atomic E-state index is 0.313. The molecule has 1 aromatic carbocycles. The van der Waals surface area contributed by atoms with E-state index >= 15 is 0 Å². The van der Waals surface area contributed by atoms with Gasteiger partial charge in [-0.05, 0) is 18.2 Å². The van der Waals surface area contributed by atoms with Gasteiger partial charge in [-0.25, -0.2) is 4.98 Å². The quantitative estimate of drug-likeness (QED) is 0.626. The number of rotatable bonds is 1. The van der Waals surface area contributed by atoms with Gasteiger partial charge in [-0.2, -0.15) is 0 Å². The second kappa shape index (κ2) is 3.57. The van der Waals surface area contributed by atoms with E-state index in [0.29, 0.717) is 10.9 Å². The minimum absolute atomic E-state index is 0.313. The average Bonchev–Trinajstić information content (AvgIpc) is 2.77. The van der Waals surface area contributed by atoms with Gasteiger partial charge in [0.15, 0.2) is 5.65 Å². The molecule has 0 saturated carbocycles. The third-order valence-corrected chi connectivity index (χ3v) is 2.87. The van der Waals surface area contributed by atoms with Crippen LogP contribution in [0.15, 0.2) is 24.5 Å². The number of hydrogen-bond donors (Lipinski definition) is 0. The molecule has 3 rings (SSSR count). The Hall–Kier alpha value is -1.39. The monoisotopic (exact) mass is 252 g/mol. The van der Waals surface area contributed by atoms with Crippen molar-refractivity contribution in [2.75, 3.05) is 0 Å². The van der Waals surface area contributed by atoms with Gasteiger partial charge < -0.3 is 0 Å². The van der Waals surface area contributed by atoms with Crippen LogP contribution in [-0.4, -0.2) is 19.6 Å². The molecule has 0 aliphatic heterocycles. The number of hydrogen-bond acceptors (Lipinski definition) is 3. The smallest absolute Gasteiger partial charge is 0.171 e. The number of alkyl halides is 1. The van der Waals surface area contributed by atoms with Crippen LogP contribution >= 0.6 is 23.2 Å². The van der Waals surface area contributed by atoms with Crippen molar-refractivity contribution in [1.82, 2.24) is 19.6 Å². The number of benzene rings is 1. The van der Waals surface area contributed by atoms with Crippen molar-refractivity contribution >= 4 is 39.8 Å². The molecular formula is C10H6Cl2N4. The molecule has 80 valence electrons. The molecule has 0 spiro atoms. The fourth-order valence-corrected chi connectivity index (χ4v) is 2.04. The molecular weight excluding hydrogens is 247 g/mol. The lowest BCUT2D eigenvalue weighted by Gasteiger charge is -2.04. The Morgan fingerprint density at radius 3 is 3.00 bits per heavy atom. The highest BCUT2D eigenvalue weighted by Gasteiger charge is 2.09. The fraction of sp³-hybridized carbons (Fsp3) is 0.100. The Morgan fingerprint density at radius 1 is 1.31 bits per heavy atom. The molecule has 0 saturated heterocycles. The standard InChI is InChI=1S/C10H6Cl2N4/c11-4-9-14-8-2-1-6(12)3-7(8)10-15-13-5-16(9)10/h1-3,5H,4H2. The van der Waals surface area contributed by atoms with Crippen molar-refractivity contribution in [1.29, 1.82) is 0 Å². The molecule has 6 heteroatoms. The van der Waals surface area contributed by atoms with Crippen molar-refractivity contribution in [2.45, 2.75) is 5.88 Å². The summed E-state index contributed by atoms with van der Waals surface area (Å²) in [6.07, 6.45) is 1.60. The summed E-state index contributed by atoms with van der Waals surface area (Å²) in [6.45, 7) is 0. The van der Waals surface area contributed by atoms with E-state index in [4.69, 9.17) is 23.2 Å². The summed E-state index contributed by atoms with van der Waals surface area (Å²) in [5.74, 6) is 1.03. The lowest BCUT2D eigenvalue weighted by Crippen LogP contribution is -1.98. The first-order chi connectivity index (χ1) is 7.79. The molecule has 4 nitrogen and oxygen atoms in total. The molecule has 16 heavy (non-hydrogen) atoms. The van der Waals surface area contributed by atoms with E-state index in [1.165, 1.54) is 0 Å². The molecule has 0 radical (unpaired) electrons. The molecule has 0 atom stereocenters. The zero-order valence-corrected chi connectivity index (χ0v) is 9.57. The largest absolute Gasteiger partial charge is 0.268 e. The van der Waals surface area contributed by atoms with Crippen molar-refractivity contribution in [3.63, 3.8) is 0 Å². The van der Waals surface area contributed by atoms with E-state index in [1.54, 1.807) is 16.8 Å². The van der Waals surface area contributed by atoms with E-state index in [2.05, 4.69) is 15.2 Å². The first-order valence-corrected chi connectivity index (χ1v) is 5.54. The van der Waals surface area contributed by atoms with Crippen molar-refractivity contribution in [3.8, 4) is 0 Å². The van der Waals surface area contributed by atoms with Crippen LogP contribution in [0.4, 0.5) is 0 Å². The van der Waals surface area contributed by atoms with Crippen LogP contribution in [0.25, 0.3) is 16.6 Å². The fourth-order valence-electron chi connectivity index (χ4n) is 1.68. The molecule has 0 bridgehead atoms. The summed E-state index contributed by atoms with van der Waals surface area (Å²) < 4.78 is 1.77. The Bertz CT molecular complexity index is 677. The third-order valence-electron chi connectivity index (χ3n) is 2.39. The lowest BCUT2D eigenvalue weighted by molar-refractivity contribution is 0.983. The van der Waals surface area contributed by atoms with Crippen molar-refractivity contribution in [3.05, 3.63) is 35.4 Å². The lowest BCUT2D eigenvalue weighted by atomic mass is 10.2. The Morgan fingerprint density at radius 2 is 2.19 bits per heavy atom. The molecule has 2 aromatic heterocycles. The van der Waals surface area contributed by atoms with Crippen LogP contribution in [0.1, 0.15) is 5.82 Å². The predicted octanol–water partition coefficient (Wildman–Crippen LogP) is 2.67. The van der Waals surface area contributed by atoms with Crippen LogP contribution in [0, 0.1) is 0 Å². The maximum Gasteiger partial charge on any atom is 0.171 e. The van der Waals surface area contributed by atoms with Gasteiger partial charge in [-0.3, -0.25) is 4.40 Å². The van der Waals surface area contributed by atoms with Gasteiger partial charge in [0.05, 0.1) is 11.4 Å². The maximum absolute atomic E-state index is 5.95. The van der Waals surface area contributed by atoms with Crippen molar-refractivity contribution in [2.24, 2.45) is 0 Å². The number of halogens is 2.